The molecule has 0 saturated carbocycles. The molecule has 0 unspecified atom stereocenters. The van der Waals surface area contributed by atoms with Gasteiger partial charge in [0.1, 0.15) is 23.2 Å². The van der Waals surface area contributed by atoms with Crippen molar-refractivity contribution in [2.45, 2.75) is 31.4 Å². The molecule has 5 heterocycles. The number of rotatable bonds is 5. The lowest BCUT2D eigenvalue weighted by molar-refractivity contribution is 0.0136. The number of H-pyrrole nitrogens is 1. The number of likely N-dealkylation sites (tertiary alicyclic amines) is 1. The van der Waals surface area contributed by atoms with Gasteiger partial charge in [0.2, 0.25) is 0 Å². The quantitative estimate of drug-likeness (QED) is 0.722. The highest BCUT2D eigenvalue weighted by Crippen LogP contribution is 2.26. The van der Waals surface area contributed by atoms with Crippen molar-refractivity contribution in [1.29, 1.82) is 0 Å². The van der Waals surface area contributed by atoms with Crippen molar-refractivity contribution in [2.75, 3.05) is 26.3 Å². The summed E-state index contributed by atoms with van der Waals surface area (Å²) in [4.78, 5) is 26.3. The van der Waals surface area contributed by atoms with Gasteiger partial charge in [-0.2, -0.15) is 0 Å². The smallest absolute Gasteiger partial charge is 0.274 e. The van der Waals surface area contributed by atoms with Crippen LogP contribution >= 0.6 is 0 Å². The summed E-state index contributed by atoms with van der Waals surface area (Å²) in [5.41, 5.74) is 1.41. The number of hydrogen-bond donors (Lipinski definition) is 1. The van der Waals surface area contributed by atoms with Crippen molar-refractivity contribution < 1.29 is 9.47 Å². The normalized spacial score (nSPS) is 19.0. The number of fused-ring (bicyclic) bond motifs is 1. The monoisotopic (exact) mass is 381 g/mol. The predicted molar refractivity (Wildman–Crippen MR) is 103 cm³/mol. The first-order valence-electron chi connectivity index (χ1n) is 9.72. The van der Waals surface area contributed by atoms with Gasteiger partial charge in [0.15, 0.2) is 0 Å². The zero-order valence-corrected chi connectivity index (χ0v) is 15.6. The molecule has 2 saturated heterocycles. The second-order valence-corrected chi connectivity index (χ2v) is 7.48. The number of nitrogens with zero attached hydrogens (tertiary/aromatic N) is 4. The fourth-order valence-electron chi connectivity index (χ4n) is 3.99. The van der Waals surface area contributed by atoms with Gasteiger partial charge in [0.25, 0.3) is 5.56 Å². The Kier molecular flexibility index (Phi) is 4.58. The van der Waals surface area contributed by atoms with E-state index in [0.29, 0.717) is 18.0 Å². The summed E-state index contributed by atoms with van der Waals surface area (Å²) in [7, 11) is 0. The van der Waals surface area contributed by atoms with Crippen LogP contribution in [0.15, 0.2) is 41.7 Å². The van der Waals surface area contributed by atoms with E-state index in [1.54, 1.807) is 18.6 Å². The van der Waals surface area contributed by atoms with Crippen LogP contribution in [-0.4, -0.2) is 56.7 Å². The molecule has 0 radical (unpaired) electrons. The van der Waals surface area contributed by atoms with Crippen LogP contribution in [0.25, 0.3) is 5.52 Å². The van der Waals surface area contributed by atoms with Crippen LogP contribution in [0.3, 0.4) is 0 Å². The van der Waals surface area contributed by atoms with E-state index in [2.05, 4.69) is 19.9 Å². The van der Waals surface area contributed by atoms with Gasteiger partial charge in [-0.25, -0.2) is 4.98 Å². The largest absolute Gasteiger partial charge is 0.488 e. The minimum Gasteiger partial charge on any atom is -0.488 e. The van der Waals surface area contributed by atoms with E-state index in [0.717, 1.165) is 56.4 Å². The fraction of sp³-hybridized carbons (Fsp3) is 0.450. The Morgan fingerprint density at radius 3 is 2.79 bits per heavy atom. The molecular weight excluding hydrogens is 358 g/mol. The summed E-state index contributed by atoms with van der Waals surface area (Å²) in [6, 6.07) is 3.73. The average molecular weight is 381 g/mol. The molecule has 1 N–H and O–H groups in total. The fourth-order valence-corrected chi connectivity index (χ4v) is 3.99. The number of pyridine rings is 1. The van der Waals surface area contributed by atoms with Crippen LogP contribution in [-0.2, 0) is 11.3 Å². The summed E-state index contributed by atoms with van der Waals surface area (Å²) in [6.07, 6.45) is 9.22. The molecule has 0 atom stereocenters. The molecule has 2 aliphatic rings. The molecule has 8 nitrogen and oxygen atoms in total. The third-order valence-electron chi connectivity index (χ3n) is 5.47. The van der Waals surface area contributed by atoms with Crippen molar-refractivity contribution in [3.63, 3.8) is 0 Å². The number of hydrogen-bond acceptors (Lipinski definition) is 6. The van der Waals surface area contributed by atoms with E-state index in [-0.39, 0.29) is 11.7 Å². The van der Waals surface area contributed by atoms with Crippen molar-refractivity contribution in [3.05, 3.63) is 58.8 Å². The molecule has 146 valence electrons. The maximum Gasteiger partial charge on any atom is 0.274 e. The summed E-state index contributed by atoms with van der Waals surface area (Å²) in [5, 5.41) is 0. The van der Waals surface area contributed by atoms with Crippen LogP contribution in [0.5, 0.6) is 5.75 Å². The van der Waals surface area contributed by atoms with Crippen molar-refractivity contribution in [2.24, 2.45) is 0 Å². The maximum absolute atomic E-state index is 12.5. The number of nitrogens with one attached hydrogen (secondary N) is 1. The maximum atomic E-state index is 12.5. The molecule has 0 bridgehead atoms. The molecule has 2 aliphatic heterocycles. The van der Waals surface area contributed by atoms with Gasteiger partial charge in [0.05, 0.1) is 6.20 Å². The predicted octanol–water partition coefficient (Wildman–Crippen LogP) is 1.57. The molecule has 0 amide bonds. The molecule has 2 fully saturated rings. The number of aromatic nitrogens is 4. The molecule has 28 heavy (non-hydrogen) atoms. The Balaban J connectivity index is 1.28. The molecule has 3 aromatic heterocycles. The lowest BCUT2D eigenvalue weighted by Crippen LogP contribution is -2.53. The summed E-state index contributed by atoms with van der Waals surface area (Å²) < 4.78 is 13.3. The van der Waals surface area contributed by atoms with Crippen LogP contribution in [0.4, 0.5) is 0 Å². The Morgan fingerprint density at radius 1 is 1.21 bits per heavy atom. The first kappa shape index (κ1) is 17.4. The molecule has 0 aromatic carbocycles. The highest BCUT2D eigenvalue weighted by Gasteiger charge is 2.29. The van der Waals surface area contributed by atoms with Crippen LogP contribution in [0, 0.1) is 0 Å². The van der Waals surface area contributed by atoms with Gasteiger partial charge in [-0.1, -0.05) is 0 Å². The van der Waals surface area contributed by atoms with Crippen molar-refractivity contribution >= 4 is 5.52 Å². The third kappa shape index (κ3) is 3.41. The van der Waals surface area contributed by atoms with Crippen LogP contribution in [0.2, 0.25) is 0 Å². The van der Waals surface area contributed by atoms with E-state index in [4.69, 9.17) is 9.47 Å². The van der Waals surface area contributed by atoms with E-state index >= 15 is 0 Å². The van der Waals surface area contributed by atoms with E-state index in [1.165, 1.54) is 0 Å². The molecule has 5 rings (SSSR count). The van der Waals surface area contributed by atoms with E-state index in [9.17, 15) is 4.79 Å². The number of imidazole rings is 1. The SMILES string of the molecule is O=c1[nH]c(CN2CC(Oc3ccncc3)C2)cn2c(C3CCOCC3)ncc12. The molecular formula is C20H23N5O3. The molecule has 3 aromatic rings. The number of aromatic amines is 1. The summed E-state index contributed by atoms with van der Waals surface area (Å²) in [6.45, 7) is 3.86. The third-order valence-corrected chi connectivity index (χ3v) is 5.47. The molecule has 0 aliphatic carbocycles. The van der Waals surface area contributed by atoms with Gasteiger partial charge < -0.3 is 14.5 Å². The number of ether oxygens (including phenoxy) is 2. The van der Waals surface area contributed by atoms with Crippen molar-refractivity contribution in [3.8, 4) is 5.75 Å². The van der Waals surface area contributed by atoms with Gasteiger partial charge >= 0.3 is 0 Å². The first-order chi connectivity index (χ1) is 13.8. The van der Waals surface area contributed by atoms with Crippen molar-refractivity contribution in [1.82, 2.24) is 24.3 Å². The summed E-state index contributed by atoms with van der Waals surface area (Å²) in [5.74, 6) is 2.15. The van der Waals surface area contributed by atoms with Gasteiger partial charge in [-0.05, 0) is 25.0 Å². The lowest BCUT2D eigenvalue weighted by Gasteiger charge is -2.38. The van der Waals surface area contributed by atoms with E-state index < -0.39 is 0 Å². The molecule has 0 spiro atoms. The Bertz CT molecular complexity index is 1000. The van der Waals surface area contributed by atoms with Gasteiger partial charge in [-0.15, -0.1) is 0 Å². The topological polar surface area (TPSA) is 84.8 Å². The zero-order valence-electron chi connectivity index (χ0n) is 15.6. The Labute approximate surface area is 162 Å². The summed E-state index contributed by atoms with van der Waals surface area (Å²) >= 11 is 0. The van der Waals surface area contributed by atoms with E-state index in [1.807, 2.05) is 22.7 Å². The minimum absolute atomic E-state index is 0.0894. The minimum atomic E-state index is -0.0894. The van der Waals surface area contributed by atoms with Crippen LogP contribution < -0.4 is 10.3 Å². The van der Waals surface area contributed by atoms with Crippen LogP contribution in [0.1, 0.15) is 30.3 Å². The standard InChI is InChI=1S/C20H23N5O3/c26-20-18-9-22-19(14-3-7-27-8-4-14)25(18)11-15(23-20)10-24-12-17(13-24)28-16-1-5-21-6-2-16/h1-2,5-6,9,11,14,17H,3-4,7-8,10,12-13H2,(H,23,26). The zero-order chi connectivity index (χ0) is 18.9. The Morgan fingerprint density at radius 2 is 2.00 bits per heavy atom. The van der Waals surface area contributed by atoms with Gasteiger partial charge in [0, 0.05) is 63.1 Å². The second kappa shape index (κ2) is 7.37. The second-order valence-electron chi connectivity index (χ2n) is 7.48. The average Bonchev–Trinajstić information content (AvgIpc) is 3.12. The van der Waals surface area contributed by atoms with Gasteiger partial charge in [-0.3, -0.25) is 19.1 Å². The first-order valence-corrected chi connectivity index (χ1v) is 9.72. The highest BCUT2D eigenvalue weighted by atomic mass is 16.5. The lowest BCUT2D eigenvalue weighted by atomic mass is 10.00. The Hall–Kier alpha value is -2.71. The highest BCUT2D eigenvalue weighted by molar-refractivity contribution is 5.44. The molecule has 8 heteroatoms.